The van der Waals surface area contributed by atoms with Crippen molar-refractivity contribution in [3.05, 3.63) is 36.2 Å². The van der Waals surface area contributed by atoms with Crippen molar-refractivity contribution in [2.45, 2.75) is 26.3 Å². The number of aryl methyl sites for hydroxylation is 1. The maximum absolute atomic E-state index is 5.25. The molecule has 0 amide bonds. The molecule has 3 aromatic rings. The molecule has 2 saturated heterocycles. The van der Waals surface area contributed by atoms with Crippen LogP contribution in [0.4, 0.5) is 11.5 Å². The van der Waals surface area contributed by atoms with Crippen LogP contribution in [-0.4, -0.2) is 64.3 Å². The molecule has 146 valence electrons. The van der Waals surface area contributed by atoms with Crippen molar-refractivity contribution in [3.63, 3.8) is 0 Å². The van der Waals surface area contributed by atoms with Crippen molar-refractivity contribution in [1.29, 1.82) is 0 Å². The van der Waals surface area contributed by atoms with Gasteiger partial charge in [0.2, 0.25) is 5.89 Å². The maximum atomic E-state index is 5.25. The molecule has 8 heteroatoms. The zero-order valence-corrected chi connectivity index (χ0v) is 16.2. The highest BCUT2D eigenvalue weighted by atomic mass is 16.5. The fraction of sp³-hybridized carbons (Fsp3) is 0.500. The van der Waals surface area contributed by atoms with Crippen LogP contribution in [0.5, 0.6) is 0 Å². The quantitative estimate of drug-likeness (QED) is 0.683. The number of anilines is 2. The van der Waals surface area contributed by atoms with Gasteiger partial charge in [0.15, 0.2) is 5.82 Å². The highest BCUT2D eigenvalue weighted by molar-refractivity contribution is 5.92. The van der Waals surface area contributed by atoms with Crippen LogP contribution in [-0.2, 0) is 6.54 Å². The number of piperazine rings is 1. The fourth-order valence-electron chi connectivity index (χ4n) is 4.17. The number of nitrogens with zero attached hydrogens (tertiary/aromatic N) is 7. The third-order valence-electron chi connectivity index (χ3n) is 5.67. The van der Waals surface area contributed by atoms with Gasteiger partial charge in [0, 0.05) is 50.3 Å². The molecular weight excluding hydrogens is 354 g/mol. The third kappa shape index (κ3) is 3.40. The van der Waals surface area contributed by atoms with Gasteiger partial charge >= 0.3 is 0 Å². The van der Waals surface area contributed by atoms with Gasteiger partial charge in [-0.25, -0.2) is 9.97 Å². The average molecular weight is 379 g/mol. The number of fused-ring (bicyclic) bond motifs is 1. The van der Waals surface area contributed by atoms with Crippen molar-refractivity contribution < 1.29 is 4.52 Å². The van der Waals surface area contributed by atoms with E-state index < -0.39 is 0 Å². The van der Waals surface area contributed by atoms with Crippen molar-refractivity contribution >= 4 is 22.4 Å². The van der Waals surface area contributed by atoms with Gasteiger partial charge in [-0.05, 0) is 38.0 Å². The molecule has 2 aliphatic heterocycles. The first-order chi connectivity index (χ1) is 13.8. The van der Waals surface area contributed by atoms with Gasteiger partial charge in [0.05, 0.1) is 12.1 Å². The van der Waals surface area contributed by atoms with E-state index in [1.807, 2.05) is 6.92 Å². The van der Waals surface area contributed by atoms with E-state index >= 15 is 0 Å². The van der Waals surface area contributed by atoms with Gasteiger partial charge in [-0.1, -0.05) is 5.16 Å². The van der Waals surface area contributed by atoms with Crippen LogP contribution in [0.1, 0.15) is 24.6 Å². The van der Waals surface area contributed by atoms with E-state index in [4.69, 9.17) is 4.52 Å². The molecule has 0 spiro atoms. The van der Waals surface area contributed by atoms with Crippen LogP contribution in [0, 0.1) is 6.92 Å². The predicted octanol–water partition coefficient (Wildman–Crippen LogP) is 2.24. The van der Waals surface area contributed by atoms with Gasteiger partial charge in [-0.15, -0.1) is 0 Å². The molecule has 4 heterocycles. The lowest BCUT2D eigenvalue weighted by molar-refractivity contribution is 0.215. The Labute approximate surface area is 164 Å². The summed E-state index contributed by atoms with van der Waals surface area (Å²) in [4.78, 5) is 20.6. The Hall–Kier alpha value is -2.74. The summed E-state index contributed by atoms with van der Waals surface area (Å²) in [7, 11) is 0. The Morgan fingerprint density at radius 3 is 2.54 bits per heavy atom. The zero-order valence-electron chi connectivity index (χ0n) is 16.2. The van der Waals surface area contributed by atoms with Gasteiger partial charge in [-0.2, -0.15) is 4.98 Å². The minimum atomic E-state index is 0.695. The Kier molecular flexibility index (Phi) is 4.56. The highest BCUT2D eigenvalue weighted by Crippen LogP contribution is 2.30. The largest absolute Gasteiger partial charge is 0.369 e. The summed E-state index contributed by atoms with van der Waals surface area (Å²) >= 11 is 0. The smallest absolute Gasteiger partial charge is 0.240 e. The molecule has 0 aliphatic carbocycles. The minimum absolute atomic E-state index is 0.695. The SMILES string of the molecule is Cc1noc(CN2CCN(c3ccc4ncnc(N5CCCC5)c4c3)CC2)n1. The normalized spacial score (nSPS) is 18.3. The fourth-order valence-corrected chi connectivity index (χ4v) is 4.17. The van der Waals surface area contributed by atoms with E-state index in [9.17, 15) is 0 Å². The summed E-state index contributed by atoms with van der Waals surface area (Å²) < 4.78 is 5.25. The lowest BCUT2D eigenvalue weighted by Gasteiger charge is -2.35. The molecule has 0 atom stereocenters. The molecule has 28 heavy (non-hydrogen) atoms. The second-order valence-electron chi connectivity index (χ2n) is 7.59. The molecule has 1 aromatic carbocycles. The van der Waals surface area contributed by atoms with E-state index in [0.717, 1.165) is 62.5 Å². The van der Waals surface area contributed by atoms with Crippen LogP contribution < -0.4 is 9.80 Å². The molecule has 2 aliphatic rings. The molecule has 8 nitrogen and oxygen atoms in total. The first kappa shape index (κ1) is 17.4. The first-order valence-corrected chi connectivity index (χ1v) is 10.0. The van der Waals surface area contributed by atoms with Crippen LogP contribution in [0.2, 0.25) is 0 Å². The molecule has 2 fully saturated rings. The van der Waals surface area contributed by atoms with Crippen LogP contribution in [0.3, 0.4) is 0 Å². The summed E-state index contributed by atoms with van der Waals surface area (Å²) in [5, 5.41) is 5.03. The van der Waals surface area contributed by atoms with Crippen LogP contribution >= 0.6 is 0 Å². The average Bonchev–Trinajstić information content (AvgIpc) is 3.40. The molecule has 0 unspecified atom stereocenters. The molecule has 0 radical (unpaired) electrons. The Bertz CT molecular complexity index is 958. The van der Waals surface area contributed by atoms with E-state index in [1.54, 1.807) is 6.33 Å². The topological polar surface area (TPSA) is 74.4 Å². The Balaban J connectivity index is 1.32. The van der Waals surface area contributed by atoms with Gasteiger partial charge < -0.3 is 14.3 Å². The highest BCUT2D eigenvalue weighted by Gasteiger charge is 2.21. The summed E-state index contributed by atoms with van der Waals surface area (Å²) in [5.41, 5.74) is 2.27. The van der Waals surface area contributed by atoms with Crippen molar-refractivity contribution in [1.82, 2.24) is 25.0 Å². The third-order valence-corrected chi connectivity index (χ3v) is 5.67. The number of hydrogen-bond acceptors (Lipinski definition) is 8. The predicted molar refractivity (Wildman–Crippen MR) is 108 cm³/mol. The molecule has 5 rings (SSSR count). The lowest BCUT2D eigenvalue weighted by Crippen LogP contribution is -2.46. The number of aromatic nitrogens is 4. The van der Waals surface area contributed by atoms with E-state index in [-0.39, 0.29) is 0 Å². The molecular formula is C20H25N7O. The molecule has 2 aromatic heterocycles. The molecule has 0 bridgehead atoms. The van der Waals surface area contributed by atoms with Gasteiger partial charge in [0.25, 0.3) is 0 Å². The standard InChI is InChI=1S/C20H25N7O/c1-15-23-19(28-24-15)13-25-8-10-26(11-9-25)16-4-5-18-17(12-16)20(22-14-21-18)27-6-2-3-7-27/h4-5,12,14H,2-3,6-11,13H2,1H3. The summed E-state index contributed by atoms with van der Waals surface area (Å²) in [6.45, 7) is 8.66. The summed E-state index contributed by atoms with van der Waals surface area (Å²) in [6.07, 6.45) is 4.17. The second kappa shape index (κ2) is 7.35. The van der Waals surface area contributed by atoms with E-state index in [0.29, 0.717) is 11.7 Å². The van der Waals surface area contributed by atoms with Gasteiger partial charge in [0.1, 0.15) is 12.1 Å². The number of rotatable bonds is 4. The number of benzene rings is 1. The zero-order chi connectivity index (χ0) is 18.9. The van der Waals surface area contributed by atoms with Crippen LogP contribution in [0.25, 0.3) is 10.9 Å². The Morgan fingerprint density at radius 2 is 1.79 bits per heavy atom. The first-order valence-electron chi connectivity index (χ1n) is 10.0. The maximum Gasteiger partial charge on any atom is 0.240 e. The number of hydrogen-bond donors (Lipinski definition) is 0. The van der Waals surface area contributed by atoms with Crippen molar-refractivity contribution in [3.8, 4) is 0 Å². The van der Waals surface area contributed by atoms with E-state index in [1.165, 1.54) is 18.5 Å². The van der Waals surface area contributed by atoms with E-state index in [2.05, 4.69) is 53.0 Å². The molecule has 0 saturated carbocycles. The minimum Gasteiger partial charge on any atom is -0.369 e. The van der Waals surface area contributed by atoms with Gasteiger partial charge in [-0.3, -0.25) is 4.90 Å². The van der Waals surface area contributed by atoms with Crippen molar-refractivity contribution in [2.24, 2.45) is 0 Å². The summed E-state index contributed by atoms with van der Waals surface area (Å²) in [5.74, 6) is 2.47. The van der Waals surface area contributed by atoms with Crippen LogP contribution in [0.15, 0.2) is 29.0 Å². The lowest BCUT2D eigenvalue weighted by atomic mass is 10.1. The second-order valence-corrected chi connectivity index (χ2v) is 7.59. The summed E-state index contributed by atoms with van der Waals surface area (Å²) in [6, 6.07) is 6.57. The molecule has 0 N–H and O–H groups in total. The monoisotopic (exact) mass is 379 g/mol. The van der Waals surface area contributed by atoms with Crippen molar-refractivity contribution in [2.75, 3.05) is 49.1 Å². The Morgan fingerprint density at radius 1 is 0.964 bits per heavy atom.